The van der Waals surface area contributed by atoms with E-state index in [-0.39, 0.29) is 0 Å². The summed E-state index contributed by atoms with van der Waals surface area (Å²) in [6.45, 7) is 3.43. The van der Waals surface area contributed by atoms with Gasteiger partial charge in [0.25, 0.3) is 0 Å². The van der Waals surface area contributed by atoms with Crippen molar-refractivity contribution >= 4 is 0 Å². The molecular formula is C11H18N4. The summed E-state index contributed by atoms with van der Waals surface area (Å²) in [6, 6.07) is 0. The zero-order valence-corrected chi connectivity index (χ0v) is 9.02. The molecule has 1 N–H and O–H groups in total. The topological polar surface area (TPSA) is 42.7 Å². The third-order valence-corrected chi connectivity index (χ3v) is 3.49. The number of nitrogens with one attached hydrogen (secondary N) is 1. The van der Waals surface area contributed by atoms with Gasteiger partial charge in [0.2, 0.25) is 0 Å². The Morgan fingerprint density at radius 3 is 3.00 bits per heavy atom. The third kappa shape index (κ3) is 2.20. The van der Waals surface area contributed by atoms with Crippen LogP contribution in [0.4, 0.5) is 0 Å². The highest BCUT2D eigenvalue weighted by Gasteiger charge is 2.24. The predicted molar refractivity (Wildman–Crippen MR) is 57.4 cm³/mol. The quantitative estimate of drug-likeness (QED) is 0.794. The number of rotatable bonds is 4. The molecule has 15 heavy (non-hydrogen) atoms. The van der Waals surface area contributed by atoms with Crippen LogP contribution >= 0.6 is 0 Å². The summed E-state index contributed by atoms with van der Waals surface area (Å²) >= 11 is 0. The van der Waals surface area contributed by atoms with E-state index in [0.29, 0.717) is 0 Å². The molecule has 82 valence electrons. The van der Waals surface area contributed by atoms with Crippen LogP contribution in [0.25, 0.3) is 0 Å². The van der Waals surface area contributed by atoms with Crippen LogP contribution in [0.2, 0.25) is 0 Å². The Bertz CT molecular complexity index is 323. The zero-order valence-electron chi connectivity index (χ0n) is 9.02. The molecule has 0 bridgehead atoms. The van der Waals surface area contributed by atoms with Gasteiger partial charge in [-0.2, -0.15) is 0 Å². The number of hydrogen-bond acceptors (Lipinski definition) is 3. The molecule has 1 unspecified atom stereocenters. The van der Waals surface area contributed by atoms with E-state index in [0.717, 1.165) is 31.3 Å². The van der Waals surface area contributed by atoms with Crippen LogP contribution in [0.15, 0.2) is 6.20 Å². The predicted octanol–water partition coefficient (Wildman–Crippen LogP) is 0.840. The average Bonchev–Trinajstić information content (AvgIpc) is 2.75. The van der Waals surface area contributed by atoms with Gasteiger partial charge in [-0.1, -0.05) is 5.21 Å². The highest BCUT2D eigenvalue weighted by atomic mass is 15.4. The van der Waals surface area contributed by atoms with Gasteiger partial charge >= 0.3 is 0 Å². The van der Waals surface area contributed by atoms with Gasteiger partial charge in [-0.15, -0.1) is 5.10 Å². The first-order chi connectivity index (χ1) is 7.42. The summed E-state index contributed by atoms with van der Waals surface area (Å²) in [5.74, 6) is 1.67. The minimum absolute atomic E-state index is 0.793. The molecule has 4 nitrogen and oxygen atoms in total. The van der Waals surface area contributed by atoms with Gasteiger partial charge in [0.1, 0.15) is 0 Å². The molecule has 2 fully saturated rings. The SMILES string of the molecule is c1nnn(CC2CC2)c1CC1CCNC1. The van der Waals surface area contributed by atoms with E-state index >= 15 is 0 Å². The summed E-state index contributed by atoms with van der Waals surface area (Å²) in [5.41, 5.74) is 1.33. The molecule has 3 rings (SSSR count). The number of hydrogen-bond donors (Lipinski definition) is 1. The highest BCUT2D eigenvalue weighted by molar-refractivity contribution is 4.98. The normalized spacial score (nSPS) is 26.0. The molecular weight excluding hydrogens is 188 g/mol. The fourth-order valence-electron chi connectivity index (χ4n) is 2.32. The van der Waals surface area contributed by atoms with Gasteiger partial charge in [-0.25, -0.2) is 4.68 Å². The van der Waals surface area contributed by atoms with E-state index in [1.165, 1.54) is 31.5 Å². The number of nitrogens with zero attached hydrogens (tertiary/aromatic N) is 3. The van der Waals surface area contributed by atoms with Crippen molar-refractivity contribution in [2.24, 2.45) is 11.8 Å². The van der Waals surface area contributed by atoms with Crippen LogP contribution in [-0.2, 0) is 13.0 Å². The van der Waals surface area contributed by atoms with Crippen molar-refractivity contribution in [3.05, 3.63) is 11.9 Å². The van der Waals surface area contributed by atoms with Gasteiger partial charge in [-0.3, -0.25) is 0 Å². The zero-order chi connectivity index (χ0) is 10.1. The van der Waals surface area contributed by atoms with E-state index in [1.807, 2.05) is 6.20 Å². The molecule has 1 aliphatic heterocycles. The monoisotopic (exact) mass is 206 g/mol. The maximum atomic E-state index is 4.18. The van der Waals surface area contributed by atoms with Crippen molar-refractivity contribution in [2.75, 3.05) is 13.1 Å². The van der Waals surface area contributed by atoms with E-state index in [2.05, 4.69) is 20.3 Å². The summed E-state index contributed by atoms with van der Waals surface area (Å²) < 4.78 is 2.12. The lowest BCUT2D eigenvalue weighted by Crippen LogP contribution is -2.14. The van der Waals surface area contributed by atoms with Crippen molar-refractivity contribution in [2.45, 2.75) is 32.2 Å². The molecule has 0 radical (unpaired) electrons. The first-order valence-corrected chi connectivity index (χ1v) is 6.00. The standard InChI is InChI=1S/C11H18N4/c1-2-9(1)8-15-11(7-13-14-15)5-10-3-4-12-6-10/h7,9-10,12H,1-6,8H2. The molecule has 1 aliphatic carbocycles. The third-order valence-electron chi connectivity index (χ3n) is 3.49. The molecule has 1 saturated carbocycles. The first kappa shape index (κ1) is 9.33. The van der Waals surface area contributed by atoms with E-state index in [9.17, 15) is 0 Å². The maximum absolute atomic E-state index is 4.18. The molecule has 4 heteroatoms. The van der Waals surface area contributed by atoms with Crippen LogP contribution in [0.3, 0.4) is 0 Å². The van der Waals surface area contributed by atoms with E-state index in [4.69, 9.17) is 0 Å². The lowest BCUT2D eigenvalue weighted by Gasteiger charge is -2.09. The van der Waals surface area contributed by atoms with Gasteiger partial charge in [-0.05, 0) is 50.6 Å². The summed E-state index contributed by atoms with van der Waals surface area (Å²) in [5, 5.41) is 11.6. The molecule has 1 saturated heterocycles. The second-order valence-corrected chi connectivity index (χ2v) is 4.91. The van der Waals surface area contributed by atoms with Crippen LogP contribution < -0.4 is 5.32 Å². The largest absolute Gasteiger partial charge is 0.316 e. The minimum Gasteiger partial charge on any atom is -0.316 e. The van der Waals surface area contributed by atoms with Crippen molar-refractivity contribution < 1.29 is 0 Å². The van der Waals surface area contributed by atoms with Crippen molar-refractivity contribution in [1.29, 1.82) is 0 Å². The fraction of sp³-hybridized carbons (Fsp3) is 0.818. The molecule has 0 aromatic carbocycles. The Hall–Kier alpha value is -0.900. The molecule has 2 aliphatic rings. The van der Waals surface area contributed by atoms with E-state index < -0.39 is 0 Å². The van der Waals surface area contributed by atoms with E-state index in [1.54, 1.807) is 0 Å². The molecule has 1 atom stereocenters. The van der Waals surface area contributed by atoms with Crippen LogP contribution in [0.5, 0.6) is 0 Å². The smallest absolute Gasteiger partial charge is 0.0725 e. The van der Waals surface area contributed by atoms with Gasteiger partial charge in [0, 0.05) is 6.54 Å². The van der Waals surface area contributed by atoms with Crippen LogP contribution in [0, 0.1) is 11.8 Å². The van der Waals surface area contributed by atoms with Crippen molar-refractivity contribution in [1.82, 2.24) is 20.3 Å². The maximum Gasteiger partial charge on any atom is 0.0725 e. The van der Waals surface area contributed by atoms with Gasteiger partial charge in [0.05, 0.1) is 11.9 Å². The Kier molecular flexibility index (Phi) is 2.44. The Balaban J connectivity index is 1.64. The van der Waals surface area contributed by atoms with Crippen LogP contribution in [0.1, 0.15) is 25.0 Å². The summed E-state index contributed by atoms with van der Waals surface area (Å²) in [6.07, 6.45) is 7.15. The summed E-state index contributed by atoms with van der Waals surface area (Å²) in [4.78, 5) is 0. The van der Waals surface area contributed by atoms with Gasteiger partial charge in [0.15, 0.2) is 0 Å². The van der Waals surface area contributed by atoms with Crippen molar-refractivity contribution in [3.63, 3.8) is 0 Å². The van der Waals surface area contributed by atoms with Gasteiger partial charge < -0.3 is 5.32 Å². The first-order valence-electron chi connectivity index (χ1n) is 6.00. The minimum atomic E-state index is 0.793. The average molecular weight is 206 g/mol. The molecule has 0 amide bonds. The fourth-order valence-corrected chi connectivity index (χ4v) is 2.32. The van der Waals surface area contributed by atoms with Crippen molar-refractivity contribution in [3.8, 4) is 0 Å². The molecule has 2 heterocycles. The molecule has 0 spiro atoms. The molecule has 1 aromatic rings. The lowest BCUT2D eigenvalue weighted by molar-refractivity contribution is 0.490. The Morgan fingerprint density at radius 1 is 1.33 bits per heavy atom. The molecule has 1 aromatic heterocycles. The Morgan fingerprint density at radius 2 is 2.27 bits per heavy atom. The lowest BCUT2D eigenvalue weighted by atomic mass is 10.0. The number of aromatic nitrogens is 3. The highest BCUT2D eigenvalue weighted by Crippen LogP contribution is 2.30. The Labute approximate surface area is 90.0 Å². The second kappa shape index (κ2) is 3.93. The van der Waals surface area contributed by atoms with Crippen LogP contribution in [-0.4, -0.2) is 28.1 Å². The second-order valence-electron chi connectivity index (χ2n) is 4.91. The summed E-state index contributed by atoms with van der Waals surface area (Å²) in [7, 11) is 0.